The Morgan fingerprint density at radius 3 is 2.42 bits per heavy atom. The van der Waals surface area contributed by atoms with Gasteiger partial charge in [0, 0.05) is 0 Å². The summed E-state index contributed by atoms with van der Waals surface area (Å²) in [5.41, 5.74) is 1.53. The highest BCUT2D eigenvalue weighted by atomic mass is 32.1. The van der Waals surface area contributed by atoms with Crippen molar-refractivity contribution in [2.75, 3.05) is 4.90 Å². The van der Waals surface area contributed by atoms with E-state index in [1.54, 1.807) is 13.0 Å². The number of allylic oxidation sites excluding steroid dienone is 2. The van der Waals surface area contributed by atoms with Gasteiger partial charge in [0.25, 0.3) is 11.8 Å². The quantitative estimate of drug-likeness (QED) is 0.513. The fourth-order valence-corrected chi connectivity index (χ4v) is 2.86. The van der Waals surface area contributed by atoms with Crippen molar-refractivity contribution in [2.24, 2.45) is 0 Å². The van der Waals surface area contributed by atoms with Gasteiger partial charge in [-0.1, -0.05) is 48.5 Å². The Labute approximate surface area is 155 Å². The number of para-hydroxylation sites is 1. The number of hydrogen-bond donors (Lipinski definition) is 1. The average Bonchev–Trinajstić information content (AvgIpc) is 2.61. The summed E-state index contributed by atoms with van der Waals surface area (Å²) >= 11 is 5.06. The third-order valence-electron chi connectivity index (χ3n) is 3.76. The van der Waals surface area contributed by atoms with Crippen LogP contribution in [0.2, 0.25) is 0 Å². The molecule has 26 heavy (non-hydrogen) atoms. The molecule has 2 amide bonds. The minimum atomic E-state index is -0.662. The Morgan fingerprint density at radius 2 is 1.73 bits per heavy atom. The van der Waals surface area contributed by atoms with Crippen LogP contribution in [0.1, 0.15) is 12.5 Å². The maximum absolute atomic E-state index is 14.1. The normalized spacial score (nSPS) is 16.8. The number of carbonyl (C=O) groups excluding carboxylic acids is 2. The van der Waals surface area contributed by atoms with Crippen molar-refractivity contribution in [3.05, 3.63) is 83.2 Å². The smallest absolute Gasteiger partial charge is 0.270 e. The van der Waals surface area contributed by atoms with Gasteiger partial charge in [-0.2, -0.15) is 0 Å². The summed E-state index contributed by atoms with van der Waals surface area (Å²) in [5, 5.41) is 2.29. The Morgan fingerprint density at radius 1 is 1.08 bits per heavy atom. The number of thiocarbonyl (C=S) groups is 1. The van der Waals surface area contributed by atoms with Crippen LogP contribution < -0.4 is 10.2 Å². The zero-order valence-electron chi connectivity index (χ0n) is 13.9. The first-order valence-electron chi connectivity index (χ1n) is 7.86. The minimum absolute atomic E-state index is 0.00177. The summed E-state index contributed by atoms with van der Waals surface area (Å²) in [6, 6.07) is 15.3. The molecule has 1 aliphatic rings. The topological polar surface area (TPSA) is 49.4 Å². The van der Waals surface area contributed by atoms with Crippen molar-refractivity contribution in [3.8, 4) is 0 Å². The fourth-order valence-electron chi connectivity index (χ4n) is 2.59. The molecular formula is C20H15FN2O2S. The summed E-state index contributed by atoms with van der Waals surface area (Å²) in [4.78, 5) is 26.0. The third-order valence-corrected chi connectivity index (χ3v) is 4.05. The van der Waals surface area contributed by atoms with E-state index in [2.05, 4.69) is 5.32 Å². The molecule has 1 N–H and O–H groups in total. The molecule has 1 heterocycles. The molecule has 0 unspecified atom stereocenters. The van der Waals surface area contributed by atoms with Gasteiger partial charge in [-0.05, 0) is 48.5 Å². The van der Waals surface area contributed by atoms with E-state index >= 15 is 0 Å². The number of rotatable bonds is 3. The molecule has 0 bridgehead atoms. The second kappa shape index (κ2) is 7.41. The van der Waals surface area contributed by atoms with Crippen molar-refractivity contribution < 1.29 is 14.0 Å². The lowest BCUT2D eigenvalue weighted by atomic mass is 10.1. The minimum Gasteiger partial charge on any atom is -0.298 e. The first kappa shape index (κ1) is 17.7. The van der Waals surface area contributed by atoms with E-state index in [1.165, 1.54) is 24.3 Å². The molecule has 0 spiro atoms. The summed E-state index contributed by atoms with van der Waals surface area (Å²) in [7, 11) is 0. The van der Waals surface area contributed by atoms with E-state index in [1.807, 2.05) is 36.4 Å². The Hall–Kier alpha value is -3.12. The highest BCUT2D eigenvalue weighted by Crippen LogP contribution is 2.24. The molecule has 3 rings (SSSR count). The number of benzene rings is 2. The molecule has 6 heteroatoms. The van der Waals surface area contributed by atoms with Gasteiger partial charge in [-0.25, -0.2) is 9.29 Å². The number of nitrogens with one attached hydrogen (secondary N) is 1. The SMILES string of the molecule is CC(=C\c1ccccc1)/C=C1\C(=O)NC(=S)N(c2ccccc2F)C1=O. The molecule has 2 aromatic carbocycles. The molecule has 1 aliphatic heterocycles. The standard InChI is InChI=1S/C20H15FN2O2S/c1-13(11-14-7-3-2-4-8-14)12-15-18(24)22-20(26)23(19(15)25)17-10-6-5-9-16(17)21/h2-12H,1H3,(H,22,24,26)/b13-11+,15-12+. The lowest BCUT2D eigenvalue weighted by Gasteiger charge is -2.29. The number of hydrogen-bond acceptors (Lipinski definition) is 3. The molecule has 0 radical (unpaired) electrons. The predicted molar refractivity (Wildman–Crippen MR) is 103 cm³/mol. The fraction of sp³-hybridized carbons (Fsp3) is 0.0500. The lowest BCUT2D eigenvalue weighted by Crippen LogP contribution is -2.54. The van der Waals surface area contributed by atoms with Crippen LogP contribution in [0.15, 0.2) is 71.8 Å². The first-order valence-corrected chi connectivity index (χ1v) is 8.27. The highest BCUT2D eigenvalue weighted by molar-refractivity contribution is 7.80. The van der Waals surface area contributed by atoms with Crippen LogP contribution in [-0.2, 0) is 9.59 Å². The number of nitrogens with zero attached hydrogens (tertiary/aromatic N) is 1. The predicted octanol–water partition coefficient (Wildman–Crippen LogP) is 3.60. The molecule has 1 saturated heterocycles. The molecule has 0 saturated carbocycles. The number of amides is 2. The first-order chi connectivity index (χ1) is 12.5. The van der Waals surface area contributed by atoms with Gasteiger partial charge in [0.15, 0.2) is 5.11 Å². The monoisotopic (exact) mass is 366 g/mol. The molecular weight excluding hydrogens is 351 g/mol. The summed E-state index contributed by atoms with van der Waals surface area (Å²) in [6.45, 7) is 1.78. The maximum Gasteiger partial charge on any atom is 0.270 e. The van der Waals surface area contributed by atoms with Gasteiger partial charge in [-0.15, -0.1) is 0 Å². The second-order valence-electron chi connectivity index (χ2n) is 5.71. The van der Waals surface area contributed by atoms with Crippen LogP contribution in [0, 0.1) is 5.82 Å². The summed E-state index contributed by atoms with van der Waals surface area (Å²) < 4.78 is 14.1. The van der Waals surface area contributed by atoms with Gasteiger partial charge >= 0.3 is 0 Å². The molecule has 0 aliphatic carbocycles. The van der Waals surface area contributed by atoms with Gasteiger partial charge in [0.1, 0.15) is 11.4 Å². The van der Waals surface area contributed by atoms with Gasteiger partial charge in [0.05, 0.1) is 5.69 Å². The average molecular weight is 366 g/mol. The Bertz CT molecular complexity index is 951. The Balaban J connectivity index is 1.98. The van der Waals surface area contributed by atoms with Crippen LogP contribution in [0.4, 0.5) is 10.1 Å². The van der Waals surface area contributed by atoms with E-state index in [9.17, 15) is 14.0 Å². The van der Waals surface area contributed by atoms with Crippen LogP contribution in [-0.4, -0.2) is 16.9 Å². The van der Waals surface area contributed by atoms with Crippen molar-refractivity contribution in [3.63, 3.8) is 0 Å². The third kappa shape index (κ3) is 3.60. The molecule has 0 atom stereocenters. The summed E-state index contributed by atoms with van der Waals surface area (Å²) in [6.07, 6.45) is 3.31. The largest absolute Gasteiger partial charge is 0.298 e. The molecule has 0 aromatic heterocycles. The van der Waals surface area contributed by atoms with Gasteiger partial charge in [0.2, 0.25) is 0 Å². The van der Waals surface area contributed by atoms with Crippen molar-refractivity contribution in [1.29, 1.82) is 0 Å². The number of halogens is 1. The van der Waals surface area contributed by atoms with E-state index in [4.69, 9.17) is 12.2 Å². The van der Waals surface area contributed by atoms with Crippen molar-refractivity contribution >= 4 is 40.9 Å². The molecule has 130 valence electrons. The van der Waals surface area contributed by atoms with Gasteiger partial charge < -0.3 is 0 Å². The van der Waals surface area contributed by atoms with E-state index in [-0.39, 0.29) is 16.4 Å². The van der Waals surface area contributed by atoms with Crippen molar-refractivity contribution in [1.82, 2.24) is 5.32 Å². The summed E-state index contributed by atoms with van der Waals surface area (Å²) in [5.74, 6) is -1.87. The zero-order chi connectivity index (χ0) is 18.7. The number of carbonyl (C=O) groups is 2. The van der Waals surface area contributed by atoms with E-state index in [0.717, 1.165) is 10.5 Å². The lowest BCUT2D eigenvalue weighted by molar-refractivity contribution is -0.122. The zero-order valence-corrected chi connectivity index (χ0v) is 14.7. The second-order valence-corrected chi connectivity index (χ2v) is 6.10. The highest BCUT2D eigenvalue weighted by Gasteiger charge is 2.35. The van der Waals surface area contributed by atoms with E-state index in [0.29, 0.717) is 5.57 Å². The number of anilines is 1. The molecule has 4 nitrogen and oxygen atoms in total. The van der Waals surface area contributed by atoms with Crippen LogP contribution in [0.25, 0.3) is 6.08 Å². The molecule has 2 aromatic rings. The van der Waals surface area contributed by atoms with Gasteiger partial charge in [-0.3, -0.25) is 14.9 Å². The van der Waals surface area contributed by atoms with E-state index < -0.39 is 17.6 Å². The van der Waals surface area contributed by atoms with Crippen molar-refractivity contribution in [2.45, 2.75) is 6.92 Å². The molecule has 1 fully saturated rings. The van der Waals surface area contributed by atoms with Crippen LogP contribution in [0.3, 0.4) is 0 Å². The Kier molecular flexibility index (Phi) is 5.04. The van der Waals surface area contributed by atoms with Crippen LogP contribution >= 0.6 is 12.2 Å². The van der Waals surface area contributed by atoms with Crippen LogP contribution in [0.5, 0.6) is 0 Å². The maximum atomic E-state index is 14.1.